The maximum Gasteiger partial charge on any atom is 0.416 e. The summed E-state index contributed by atoms with van der Waals surface area (Å²) in [5.74, 6) is -1.42. The number of alkyl halides is 3. The minimum atomic E-state index is -4.75. The number of aromatic nitrogens is 3. The predicted molar refractivity (Wildman–Crippen MR) is 118 cm³/mol. The number of methoxy groups -OCH3 is 1. The molecule has 0 aliphatic heterocycles. The number of carbonyl (C=O) groups is 2. The monoisotopic (exact) mass is 494 g/mol. The van der Waals surface area contributed by atoms with Crippen LogP contribution in [0, 0.1) is 12.8 Å². The molecule has 0 bridgehead atoms. The average Bonchev–Trinajstić information content (AvgIpc) is 3.43. The first-order valence-electron chi connectivity index (χ1n) is 10.6. The minimum absolute atomic E-state index is 0.110. The SMILES string of the molecule is COC(=O)C(NC(=O)c1cnc(-c2cccc(-c3cc(C)n(CC(O)C(F)(F)F)n3)c2)o1)C(C)C. The quantitative estimate of drug-likeness (QED) is 0.461. The maximum atomic E-state index is 12.7. The zero-order valence-corrected chi connectivity index (χ0v) is 19.5. The Morgan fingerprint density at radius 1 is 1.23 bits per heavy atom. The van der Waals surface area contributed by atoms with Gasteiger partial charge >= 0.3 is 12.1 Å². The van der Waals surface area contributed by atoms with Crippen molar-refractivity contribution in [3.63, 3.8) is 0 Å². The van der Waals surface area contributed by atoms with Gasteiger partial charge in [-0.2, -0.15) is 18.3 Å². The molecule has 1 amide bonds. The van der Waals surface area contributed by atoms with E-state index in [0.717, 1.165) is 4.68 Å². The molecule has 0 fully saturated rings. The molecule has 2 aromatic heterocycles. The van der Waals surface area contributed by atoms with Gasteiger partial charge in [-0.15, -0.1) is 0 Å². The molecular formula is C23H25F3N4O5. The number of hydrogen-bond acceptors (Lipinski definition) is 7. The summed E-state index contributed by atoms with van der Waals surface area (Å²) in [6.07, 6.45) is -6.06. The summed E-state index contributed by atoms with van der Waals surface area (Å²) in [6, 6.07) is 7.45. The third-order valence-corrected chi connectivity index (χ3v) is 5.25. The number of carbonyl (C=O) groups excluding carboxylic acids is 2. The second-order valence-electron chi connectivity index (χ2n) is 8.24. The van der Waals surface area contributed by atoms with Gasteiger partial charge in [0.05, 0.1) is 25.5 Å². The van der Waals surface area contributed by atoms with Crippen molar-refractivity contribution in [3.05, 3.63) is 48.0 Å². The van der Waals surface area contributed by atoms with Crippen molar-refractivity contribution in [1.82, 2.24) is 20.1 Å². The van der Waals surface area contributed by atoms with E-state index in [9.17, 15) is 27.9 Å². The van der Waals surface area contributed by atoms with Crippen molar-refractivity contribution >= 4 is 11.9 Å². The van der Waals surface area contributed by atoms with Gasteiger partial charge in [0.1, 0.15) is 6.04 Å². The summed E-state index contributed by atoms with van der Waals surface area (Å²) in [7, 11) is 1.23. The number of aryl methyl sites for hydroxylation is 1. The Balaban J connectivity index is 1.80. The molecule has 0 radical (unpaired) electrons. The number of halogens is 3. The van der Waals surface area contributed by atoms with E-state index in [2.05, 4.69) is 15.4 Å². The van der Waals surface area contributed by atoms with Crippen LogP contribution in [-0.2, 0) is 16.1 Å². The van der Waals surface area contributed by atoms with Crippen molar-refractivity contribution in [1.29, 1.82) is 0 Å². The molecule has 35 heavy (non-hydrogen) atoms. The molecule has 2 unspecified atom stereocenters. The number of aliphatic hydroxyl groups is 1. The molecule has 3 rings (SSSR count). The summed E-state index contributed by atoms with van der Waals surface area (Å²) < 4.78 is 49.5. The molecule has 188 valence electrons. The van der Waals surface area contributed by atoms with Crippen LogP contribution in [0.2, 0.25) is 0 Å². The average molecular weight is 494 g/mol. The zero-order valence-electron chi connectivity index (χ0n) is 19.5. The fourth-order valence-corrected chi connectivity index (χ4v) is 3.26. The smallest absolute Gasteiger partial charge is 0.416 e. The van der Waals surface area contributed by atoms with Crippen LogP contribution in [0.25, 0.3) is 22.7 Å². The lowest BCUT2D eigenvalue weighted by Crippen LogP contribution is -2.44. The number of rotatable bonds is 8. The Labute approximate surface area is 198 Å². The van der Waals surface area contributed by atoms with Crippen molar-refractivity contribution < 1.29 is 37.0 Å². The lowest BCUT2D eigenvalue weighted by Gasteiger charge is -2.18. The third kappa shape index (κ3) is 6.07. The van der Waals surface area contributed by atoms with Gasteiger partial charge < -0.3 is 19.6 Å². The van der Waals surface area contributed by atoms with E-state index in [1.807, 2.05) is 0 Å². The summed E-state index contributed by atoms with van der Waals surface area (Å²) in [4.78, 5) is 28.6. The first-order chi connectivity index (χ1) is 16.4. The molecular weight excluding hydrogens is 469 g/mol. The number of ether oxygens (including phenoxy) is 1. The number of amides is 1. The third-order valence-electron chi connectivity index (χ3n) is 5.25. The number of hydrogen-bond donors (Lipinski definition) is 2. The molecule has 0 spiro atoms. The lowest BCUT2D eigenvalue weighted by molar-refractivity contribution is -0.208. The van der Waals surface area contributed by atoms with Gasteiger partial charge in [0, 0.05) is 16.8 Å². The lowest BCUT2D eigenvalue weighted by atomic mass is 10.0. The first kappa shape index (κ1) is 25.9. The van der Waals surface area contributed by atoms with E-state index in [-0.39, 0.29) is 17.6 Å². The molecule has 2 heterocycles. The van der Waals surface area contributed by atoms with Crippen molar-refractivity contribution in [3.8, 4) is 22.7 Å². The molecule has 3 aromatic rings. The van der Waals surface area contributed by atoms with Crippen LogP contribution >= 0.6 is 0 Å². The van der Waals surface area contributed by atoms with Gasteiger partial charge in [0.25, 0.3) is 5.91 Å². The molecule has 1 aromatic carbocycles. The number of nitrogens with zero attached hydrogens (tertiary/aromatic N) is 3. The molecule has 2 N–H and O–H groups in total. The van der Waals surface area contributed by atoms with E-state index < -0.39 is 36.7 Å². The van der Waals surface area contributed by atoms with Crippen LogP contribution in [0.4, 0.5) is 13.2 Å². The number of aliphatic hydroxyl groups excluding tert-OH is 1. The largest absolute Gasteiger partial charge is 0.467 e. The van der Waals surface area contributed by atoms with E-state index in [4.69, 9.17) is 9.15 Å². The summed E-state index contributed by atoms with van der Waals surface area (Å²) in [5.41, 5.74) is 1.90. The maximum absolute atomic E-state index is 12.7. The van der Waals surface area contributed by atoms with Crippen LogP contribution < -0.4 is 5.32 Å². The van der Waals surface area contributed by atoms with E-state index in [0.29, 0.717) is 22.5 Å². The fourth-order valence-electron chi connectivity index (χ4n) is 3.26. The Bertz CT molecular complexity index is 1200. The van der Waals surface area contributed by atoms with Crippen LogP contribution in [0.1, 0.15) is 30.1 Å². The normalized spacial score (nSPS) is 13.5. The van der Waals surface area contributed by atoms with Gasteiger partial charge in [-0.1, -0.05) is 26.0 Å². The van der Waals surface area contributed by atoms with E-state index >= 15 is 0 Å². The predicted octanol–water partition coefficient (Wildman–Crippen LogP) is 3.36. The minimum Gasteiger partial charge on any atom is -0.467 e. The second-order valence-corrected chi connectivity index (χ2v) is 8.24. The highest BCUT2D eigenvalue weighted by molar-refractivity contribution is 5.94. The number of benzene rings is 1. The van der Waals surface area contributed by atoms with Crippen LogP contribution in [0.15, 0.2) is 40.9 Å². The summed E-state index contributed by atoms with van der Waals surface area (Å²) in [5, 5.41) is 16.1. The van der Waals surface area contributed by atoms with Gasteiger partial charge in [-0.25, -0.2) is 9.78 Å². The van der Waals surface area contributed by atoms with Crippen molar-refractivity contribution in [2.45, 2.75) is 45.6 Å². The molecule has 0 aliphatic rings. The Morgan fingerprint density at radius 2 is 1.91 bits per heavy atom. The number of oxazole rings is 1. The standard InChI is InChI=1S/C23H25F3N4O5/c1-12(2)19(22(33)34-4)28-20(32)17-10-27-21(35-17)15-7-5-6-14(9-15)16-8-13(3)30(29-16)11-18(31)23(24,25)26/h5-10,12,18-19,31H,11H2,1-4H3,(H,28,32). The molecule has 0 aliphatic carbocycles. The van der Waals surface area contributed by atoms with Gasteiger partial charge in [0.15, 0.2) is 6.10 Å². The summed E-state index contributed by atoms with van der Waals surface area (Å²) >= 11 is 0. The van der Waals surface area contributed by atoms with E-state index in [1.54, 1.807) is 51.1 Å². The Morgan fingerprint density at radius 3 is 2.54 bits per heavy atom. The molecule has 0 saturated carbocycles. The van der Waals surface area contributed by atoms with Crippen LogP contribution in [0.5, 0.6) is 0 Å². The second kappa shape index (κ2) is 10.3. The zero-order chi connectivity index (χ0) is 25.9. The molecule has 12 heteroatoms. The number of nitrogens with one attached hydrogen (secondary N) is 1. The highest BCUT2D eigenvalue weighted by Crippen LogP contribution is 2.27. The van der Waals surface area contributed by atoms with Crippen LogP contribution in [0.3, 0.4) is 0 Å². The Kier molecular flexibility index (Phi) is 7.64. The van der Waals surface area contributed by atoms with Gasteiger partial charge in [0.2, 0.25) is 11.7 Å². The van der Waals surface area contributed by atoms with E-state index in [1.165, 1.54) is 13.3 Å². The first-order valence-corrected chi connectivity index (χ1v) is 10.6. The highest BCUT2D eigenvalue weighted by Gasteiger charge is 2.38. The highest BCUT2D eigenvalue weighted by atomic mass is 19.4. The Hall–Kier alpha value is -3.67. The molecule has 2 atom stereocenters. The van der Waals surface area contributed by atoms with Crippen molar-refractivity contribution in [2.75, 3.05) is 7.11 Å². The van der Waals surface area contributed by atoms with Gasteiger partial charge in [-0.3, -0.25) is 9.48 Å². The fraction of sp³-hybridized carbons (Fsp3) is 0.391. The topological polar surface area (TPSA) is 119 Å². The molecule has 0 saturated heterocycles. The molecule has 9 nitrogen and oxygen atoms in total. The van der Waals surface area contributed by atoms with Gasteiger partial charge in [-0.05, 0) is 31.0 Å². The number of esters is 1. The van der Waals surface area contributed by atoms with Crippen LogP contribution in [-0.4, -0.2) is 57.2 Å². The summed E-state index contributed by atoms with van der Waals surface area (Å²) in [6.45, 7) is 4.37. The van der Waals surface area contributed by atoms with Crippen molar-refractivity contribution in [2.24, 2.45) is 5.92 Å².